The van der Waals surface area contributed by atoms with Crippen LogP contribution in [0.15, 0.2) is 82.6 Å². The molecule has 0 aliphatic carbocycles. The van der Waals surface area contributed by atoms with Crippen LogP contribution in [0.2, 0.25) is 0 Å². The lowest BCUT2D eigenvalue weighted by Gasteiger charge is -2.10. The average molecular weight is 561 g/mol. The maximum absolute atomic E-state index is 13.9. The first-order valence-corrected chi connectivity index (χ1v) is 13.1. The van der Waals surface area contributed by atoms with Crippen molar-refractivity contribution in [2.45, 2.75) is 17.5 Å². The van der Waals surface area contributed by atoms with Gasteiger partial charge in [0.2, 0.25) is 16.0 Å². The Kier molecular flexibility index (Phi) is 7.06. The third kappa shape index (κ3) is 5.76. The molecular weight excluding hydrogens is 540 g/mol. The lowest BCUT2D eigenvalue weighted by Crippen LogP contribution is -2.26. The largest absolute Gasteiger partial charge is 0.432 e. The lowest BCUT2D eigenvalue weighted by molar-refractivity contribution is -0.137. The number of rotatable bonds is 9. The van der Waals surface area contributed by atoms with Gasteiger partial charge in [-0.3, -0.25) is 4.40 Å². The summed E-state index contributed by atoms with van der Waals surface area (Å²) in [5.74, 6) is 0.154. The molecule has 0 saturated carbocycles. The second-order valence-corrected chi connectivity index (χ2v) is 10.1. The highest BCUT2D eigenvalue weighted by Crippen LogP contribution is 2.33. The minimum absolute atomic E-state index is 0.0258. The normalized spacial score (nSPS) is 12.2. The zero-order chi connectivity index (χ0) is 27.6. The van der Waals surface area contributed by atoms with Crippen LogP contribution in [0.5, 0.6) is 0 Å². The Morgan fingerprint density at radius 2 is 1.79 bits per heavy atom. The second kappa shape index (κ2) is 10.5. The molecule has 2 N–H and O–H groups in total. The van der Waals surface area contributed by atoms with Crippen LogP contribution in [0, 0.1) is 5.82 Å². The number of alkyl halides is 3. The Bertz CT molecular complexity index is 1720. The molecule has 0 unspecified atom stereocenters. The second-order valence-electron chi connectivity index (χ2n) is 8.34. The van der Waals surface area contributed by atoms with Gasteiger partial charge in [0.15, 0.2) is 0 Å². The standard InChI is InChI=1S/C25H20F4N6O3S/c26-18-4-1-3-16(15-18)21-22(35-13-14-38-24(35)34-21)20-9-12-31-23(33-20)30-10-2-11-32-39(36,37)19-7-5-17(6-8-19)25(27,28)29/h1,3-9,12-15,32H,2,10-11H2,(H,30,31,33). The van der Waals surface area contributed by atoms with Gasteiger partial charge in [-0.2, -0.15) is 18.2 Å². The van der Waals surface area contributed by atoms with Crippen molar-refractivity contribution >= 4 is 21.8 Å². The van der Waals surface area contributed by atoms with E-state index in [0.717, 1.165) is 24.3 Å². The van der Waals surface area contributed by atoms with Gasteiger partial charge in [0.25, 0.3) is 0 Å². The van der Waals surface area contributed by atoms with Crippen LogP contribution in [0.1, 0.15) is 12.0 Å². The first-order valence-electron chi connectivity index (χ1n) is 11.6. The van der Waals surface area contributed by atoms with E-state index in [1.807, 2.05) is 0 Å². The van der Waals surface area contributed by atoms with Crippen LogP contribution in [0.3, 0.4) is 0 Å². The summed E-state index contributed by atoms with van der Waals surface area (Å²) < 4.78 is 86.2. The van der Waals surface area contributed by atoms with E-state index in [9.17, 15) is 26.0 Å². The van der Waals surface area contributed by atoms with Gasteiger partial charge in [-0.25, -0.2) is 27.5 Å². The van der Waals surface area contributed by atoms with Gasteiger partial charge >= 0.3 is 12.0 Å². The smallest absolute Gasteiger partial charge is 0.416 e. The fourth-order valence-corrected chi connectivity index (χ4v) is 4.92. The van der Waals surface area contributed by atoms with E-state index in [2.05, 4.69) is 25.0 Å². The van der Waals surface area contributed by atoms with Crippen LogP contribution in [0.4, 0.5) is 23.5 Å². The van der Waals surface area contributed by atoms with E-state index in [0.29, 0.717) is 41.5 Å². The van der Waals surface area contributed by atoms with Crippen molar-refractivity contribution < 1.29 is 30.4 Å². The minimum atomic E-state index is -4.55. The number of hydrogen-bond acceptors (Lipinski definition) is 7. The van der Waals surface area contributed by atoms with E-state index in [4.69, 9.17) is 4.42 Å². The van der Waals surface area contributed by atoms with Crippen molar-refractivity contribution in [2.24, 2.45) is 0 Å². The molecule has 0 radical (unpaired) electrons. The van der Waals surface area contributed by atoms with E-state index in [1.54, 1.807) is 28.8 Å². The number of oxazole rings is 1. The molecule has 0 fully saturated rings. The molecule has 3 aromatic heterocycles. The molecular formula is C25H20F4N6O3S. The van der Waals surface area contributed by atoms with Gasteiger partial charge in [-0.15, -0.1) is 0 Å². The maximum Gasteiger partial charge on any atom is 0.416 e. The number of aromatic nitrogens is 4. The van der Waals surface area contributed by atoms with Crippen LogP contribution in [-0.4, -0.2) is 40.9 Å². The van der Waals surface area contributed by atoms with Crippen molar-refractivity contribution in [1.29, 1.82) is 0 Å². The van der Waals surface area contributed by atoms with Crippen molar-refractivity contribution in [3.8, 4) is 22.6 Å². The monoisotopic (exact) mass is 560 g/mol. The molecule has 39 heavy (non-hydrogen) atoms. The van der Waals surface area contributed by atoms with Crippen LogP contribution < -0.4 is 10.0 Å². The number of sulfonamides is 1. The van der Waals surface area contributed by atoms with Crippen molar-refractivity contribution in [3.05, 3.63) is 84.6 Å². The molecule has 5 rings (SSSR count). The van der Waals surface area contributed by atoms with E-state index >= 15 is 0 Å². The molecule has 2 aromatic carbocycles. The quantitative estimate of drug-likeness (QED) is 0.193. The van der Waals surface area contributed by atoms with Crippen LogP contribution in [-0.2, 0) is 16.2 Å². The molecule has 3 heterocycles. The minimum Gasteiger partial charge on any atom is -0.432 e. The Balaban J connectivity index is 1.24. The number of imidazole rings is 1. The maximum atomic E-state index is 13.9. The summed E-state index contributed by atoms with van der Waals surface area (Å²) in [6.07, 6.45) is 0.448. The molecule has 0 saturated heterocycles. The molecule has 0 aliphatic rings. The number of halogens is 4. The number of hydrogen-bond donors (Lipinski definition) is 2. The molecule has 0 atom stereocenters. The molecule has 202 valence electrons. The highest BCUT2D eigenvalue weighted by atomic mass is 32.2. The van der Waals surface area contributed by atoms with Crippen molar-refractivity contribution in [2.75, 3.05) is 18.4 Å². The van der Waals surface area contributed by atoms with Gasteiger partial charge in [0.05, 0.1) is 16.2 Å². The Labute approximate surface area is 219 Å². The van der Waals surface area contributed by atoms with Gasteiger partial charge in [0, 0.05) is 31.0 Å². The predicted molar refractivity (Wildman–Crippen MR) is 134 cm³/mol. The molecule has 0 spiro atoms. The summed E-state index contributed by atoms with van der Waals surface area (Å²) in [5.41, 5.74) is 1.14. The molecule has 14 heteroatoms. The molecule has 0 aliphatic heterocycles. The molecule has 0 amide bonds. The number of nitrogens with one attached hydrogen (secondary N) is 2. The van der Waals surface area contributed by atoms with Gasteiger partial charge in [0.1, 0.15) is 23.5 Å². The molecule has 5 aromatic rings. The lowest BCUT2D eigenvalue weighted by atomic mass is 10.1. The summed E-state index contributed by atoms with van der Waals surface area (Å²) in [7, 11) is -3.98. The predicted octanol–water partition coefficient (Wildman–Crippen LogP) is 4.99. The summed E-state index contributed by atoms with van der Waals surface area (Å²) in [4.78, 5) is 12.9. The summed E-state index contributed by atoms with van der Waals surface area (Å²) in [6, 6.07) is 10.9. The van der Waals surface area contributed by atoms with Crippen LogP contribution in [0.25, 0.3) is 28.5 Å². The Morgan fingerprint density at radius 1 is 1.00 bits per heavy atom. The number of nitrogens with zero attached hydrogens (tertiary/aromatic N) is 4. The van der Waals surface area contributed by atoms with Gasteiger partial charge in [-0.1, -0.05) is 12.1 Å². The van der Waals surface area contributed by atoms with Crippen molar-refractivity contribution in [3.63, 3.8) is 0 Å². The van der Waals surface area contributed by atoms with E-state index < -0.39 is 27.6 Å². The first kappa shape index (κ1) is 26.3. The topological polar surface area (TPSA) is 114 Å². The number of anilines is 1. The first-order chi connectivity index (χ1) is 18.6. The van der Waals surface area contributed by atoms with Crippen molar-refractivity contribution in [1.82, 2.24) is 24.1 Å². The third-order valence-electron chi connectivity index (χ3n) is 5.68. The summed E-state index contributed by atoms with van der Waals surface area (Å²) in [5, 5.41) is 3.01. The summed E-state index contributed by atoms with van der Waals surface area (Å²) >= 11 is 0. The van der Waals surface area contributed by atoms with Gasteiger partial charge < -0.3 is 9.73 Å². The summed E-state index contributed by atoms with van der Waals surface area (Å²) in [6.45, 7) is 0.321. The molecule has 0 bridgehead atoms. The number of fused-ring (bicyclic) bond motifs is 1. The fourth-order valence-electron chi connectivity index (χ4n) is 3.84. The van der Waals surface area contributed by atoms with E-state index in [1.165, 1.54) is 24.6 Å². The molecule has 9 nitrogen and oxygen atoms in total. The van der Waals surface area contributed by atoms with Crippen LogP contribution >= 0.6 is 0 Å². The third-order valence-corrected chi connectivity index (χ3v) is 7.16. The fraction of sp³-hybridized carbons (Fsp3) is 0.160. The Morgan fingerprint density at radius 3 is 2.54 bits per heavy atom. The Hall–Kier alpha value is -4.30. The van der Waals surface area contributed by atoms with E-state index in [-0.39, 0.29) is 17.4 Å². The highest BCUT2D eigenvalue weighted by molar-refractivity contribution is 7.89. The SMILES string of the molecule is O=S(=O)(NCCCNc1nccc(-c2c(-c3cccc(F)c3)nc3occn23)n1)c1ccc(C(F)(F)F)cc1. The average Bonchev–Trinajstić information content (AvgIpc) is 3.50. The van der Waals surface area contributed by atoms with Gasteiger partial charge in [-0.05, 0) is 48.9 Å². The zero-order valence-corrected chi connectivity index (χ0v) is 20.8. The number of benzene rings is 2. The zero-order valence-electron chi connectivity index (χ0n) is 20.0. The highest BCUT2D eigenvalue weighted by Gasteiger charge is 2.30.